The monoisotopic (exact) mass is 173 g/mol. The van der Waals surface area contributed by atoms with Crippen molar-refractivity contribution in [3.8, 4) is 0 Å². The Kier molecular flexibility index (Phi) is 3.05. The molecule has 0 spiro atoms. The van der Waals surface area contributed by atoms with Gasteiger partial charge in [0, 0.05) is 7.05 Å². The number of nitrogens with zero attached hydrogens (tertiary/aromatic N) is 1. The van der Waals surface area contributed by atoms with E-state index in [4.69, 9.17) is 4.74 Å². The van der Waals surface area contributed by atoms with Gasteiger partial charge in [0.2, 0.25) is 0 Å². The number of amides is 1. The second kappa shape index (κ2) is 3.87. The molecule has 70 valence electrons. The Bertz CT molecular complexity index is 164. The molecular formula is C8H17N2O2+. The van der Waals surface area contributed by atoms with E-state index in [9.17, 15) is 4.79 Å². The lowest BCUT2D eigenvalue weighted by Crippen LogP contribution is -2.55. The van der Waals surface area contributed by atoms with E-state index in [0.29, 0.717) is 6.54 Å². The van der Waals surface area contributed by atoms with Gasteiger partial charge in [0.05, 0.1) is 20.3 Å². The first-order valence-corrected chi connectivity index (χ1v) is 4.28. The van der Waals surface area contributed by atoms with Crippen LogP contribution in [0.3, 0.4) is 0 Å². The molecule has 1 N–H and O–H groups in total. The van der Waals surface area contributed by atoms with Crippen LogP contribution in [0.1, 0.15) is 0 Å². The fourth-order valence-electron chi connectivity index (χ4n) is 1.37. The van der Waals surface area contributed by atoms with E-state index >= 15 is 0 Å². The average molecular weight is 173 g/mol. The third-order valence-electron chi connectivity index (χ3n) is 2.36. The number of likely N-dealkylation sites (N-methyl/N-ethyl adjacent to an activating group) is 2. The van der Waals surface area contributed by atoms with Crippen molar-refractivity contribution in [3.05, 3.63) is 0 Å². The number of ether oxygens (including phenoxy) is 1. The van der Waals surface area contributed by atoms with Crippen LogP contribution in [0.2, 0.25) is 0 Å². The lowest BCUT2D eigenvalue weighted by atomic mass is 10.3. The van der Waals surface area contributed by atoms with Gasteiger partial charge in [-0.1, -0.05) is 0 Å². The molecule has 0 radical (unpaired) electrons. The molecule has 1 aliphatic heterocycles. The quantitative estimate of drug-likeness (QED) is 0.556. The van der Waals surface area contributed by atoms with Gasteiger partial charge < -0.3 is 14.5 Å². The Morgan fingerprint density at radius 1 is 1.50 bits per heavy atom. The second-order valence-corrected chi connectivity index (χ2v) is 3.51. The predicted octanol–water partition coefficient (Wildman–Crippen LogP) is -0.791. The molecule has 0 saturated carbocycles. The van der Waals surface area contributed by atoms with Crippen LogP contribution in [-0.4, -0.2) is 57.3 Å². The van der Waals surface area contributed by atoms with E-state index in [1.165, 1.54) is 0 Å². The SMILES string of the molecule is CNC(=O)C[N+]1(C)CCOCC1. The van der Waals surface area contributed by atoms with E-state index in [1.54, 1.807) is 7.05 Å². The molecule has 0 aliphatic carbocycles. The Morgan fingerprint density at radius 2 is 2.08 bits per heavy atom. The smallest absolute Gasteiger partial charge is 0.275 e. The van der Waals surface area contributed by atoms with E-state index in [-0.39, 0.29) is 5.91 Å². The van der Waals surface area contributed by atoms with Crippen LogP contribution in [0.25, 0.3) is 0 Å². The van der Waals surface area contributed by atoms with Crippen molar-refractivity contribution in [1.82, 2.24) is 5.32 Å². The number of carbonyl (C=O) groups is 1. The summed E-state index contributed by atoms with van der Waals surface area (Å²) < 4.78 is 6.04. The van der Waals surface area contributed by atoms with Crippen LogP contribution in [0.4, 0.5) is 0 Å². The molecule has 0 aromatic rings. The summed E-state index contributed by atoms with van der Waals surface area (Å²) in [6.07, 6.45) is 0. The van der Waals surface area contributed by atoms with Gasteiger partial charge in [-0.05, 0) is 0 Å². The Hall–Kier alpha value is -0.610. The van der Waals surface area contributed by atoms with Gasteiger partial charge in [-0.3, -0.25) is 4.79 Å². The predicted molar refractivity (Wildman–Crippen MR) is 45.7 cm³/mol. The van der Waals surface area contributed by atoms with Crippen LogP contribution in [0, 0.1) is 0 Å². The van der Waals surface area contributed by atoms with Crippen LogP contribution in [0.15, 0.2) is 0 Å². The van der Waals surface area contributed by atoms with Gasteiger partial charge >= 0.3 is 0 Å². The number of quaternary nitrogens is 1. The van der Waals surface area contributed by atoms with Gasteiger partial charge in [0.15, 0.2) is 6.54 Å². The minimum atomic E-state index is 0.111. The molecule has 1 amide bonds. The zero-order chi connectivity index (χ0) is 9.03. The maximum atomic E-state index is 11.1. The molecule has 0 aromatic heterocycles. The Morgan fingerprint density at radius 3 is 2.58 bits per heavy atom. The zero-order valence-electron chi connectivity index (χ0n) is 7.80. The second-order valence-electron chi connectivity index (χ2n) is 3.51. The van der Waals surface area contributed by atoms with Crippen LogP contribution >= 0.6 is 0 Å². The highest BCUT2D eigenvalue weighted by Crippen LogP contribution is 2.06. The third kappa shape index (κ3) is 2.46. The highest BCUT2D eigenvalue weighted by Gasteiger charge is 2.27. The molecule has 0 bridgehead atoms. The molecule has 4 nitrogen and oxygen atoms in total. The van der Waals surface area contributed by atoms with Crippen LogP contribution in [-0.2, 0) is 9.53 Å². The average Bonchev–Trinajstić information content (AvgIpc) is 2.05. The highest BCUT2D eigenvalue weighted by molar-refractivity contribution is 5.76. The number of carbonyl (C=O) groups excluding carboxylic acids is 1. The van der Waals surface area contributed by atoms with Crippen molar-refractivity contribution in [2.75, 3.05) is 46.9 Å². The largest absolute Gasteiger partial charge is 0.370 e. The van der Waals surface area contributed by atoms with Crippen LogP contribution in [0.5, 0.6) is 0 Å². The zero-order valence-corrected chi connectivity index (χ0v) is 7.80. The topological polar surface area (TPSA) is 38.3 Å². The Labute approximate surface area is 73.1 Å². The summed E-state index contributed by atoms with van der Waals surface area (Å²) in [5.41, 5.74) is 0. The fraction of sp³-hybridized carbons (Fsp3) is 0.875. The standard InChI is InChI=1S/C8H16N2O2/c1-9-8(11)7-10(2)3-5-12-6-4-10/h3-7H2,1-2H3/p+1. The fourth-order valence-corrected chi connectivity index (χ4v) is 1.37. The molecule has 12 heavy (non-hydrogen) atoms. The number of hydrogen-bond donors (Lipinski definition) is 1. The molecule has 1 fully saturated rings. The summed E-state index contributed by atoms with van der Waals surface area (Å²) in [4.78, 5) is 11.1. The van der Waals surface area contributed by atoms with E-state index in [0.717, 1.165) is 30.8 Å². The lowest BCUT2D eigenvalue weighted by molar-refractivity contribution is -0.909. The first kappa shape index (κ1) is 9.48. The molecule has 1 aliphatic rings. The van der Waals surface area contributed by atoms with Gasteiger partial charge in [-0.25, -0.2) is 0 Å². The molecule has 0 unspecified atom stereocenters. The normalized spacial score (nSPS) is 21.8. The van der Waals surface area contributed by atoms with Gasteiger partial charge in [0.25, 0.3) is 5.91 Å². The molecule has 0 aromatic carbocycles. The van der Waals surface area contributed by atoms with Crippen molar-refractivity contribution >= 4 is 5.91 Å². The van der Waals surface area contributed by atoms with E-state index in [1.807, 2.05) is 0 Å². The molecule has 4 heteroatoms. The minimum Gasteiger partial charge on any atom is -0.370 e. The van der Waals surface area contributed by atoms with Crippen molar-refractivity contribution in [3.63, 3.8) is 0 Å². The summed E-state index contributed by atoms with van der Waals surface area (Å²) in [5.74, 6) is 0.111. The van der Waals surface area contributed by atoms with Crippen LogP contribution < -0.4 is 5.32 Å². The molecule has 1 heterocycles. The first-order chi connectivity index (χ1) is 5.66. The number of morpholine rings is 1. The third-order valence-corrected chi connectivity index (χ3v) is 2.36. The minimum absolute atomic E-state index is 0.111. The summed E-state index contributed by atoms with van der Waals surface area (Å²) >= 11 is 0. The number of hydrogen-bond acceptors (Lipinski definition) is 2. The maximum Gasteiger partial charge on any atom is 0.275 e. The summed E-state index contributed by atoms with van der Waals surface area (Å²) in [5, 5.41) is 2.64. The molecular weight excluding hydrogens is 156 g/mol. The number of rotatable bonds is 2. The lowest BCUT2D eigenvalue weighted by Gasteiger charge is -2.36. The maximum absolute atomic E-state index is 11.1. The summed E-state index contributed by atoms with van der Waals surface area (Å²) in [6.45, 7) is 3.99. The summed E-state index contributed by atoms with van der Waals surface area (Å²) in [7, 11) is 3.77. The van der Waals surface area contributed by atoms with Gasteiger partial charge in [0.1, 0.15) is 13.1 Å². The Balaban J connectivity index is 2.41. The van der Waals surface area contributed by atoms with E-state index in [2.05, 4.69) is 12.4 Å². The van der Waals surface area contributed by atoms with Crippen molar-refractivity contribution in [1.29, 1.82) is 0 Å². The van der Waals surface area contributed by atoms with Gasteiger partial charge in [-0.2, -0.15) is 0 Å². The van der Waals surface area contributed by atoms with Crippen molar-refractivity contribution < 1.29 is 14.0 Å². The van der Waals surface area contributed by atoms with Crippen molar-refractivity contribution in [2.45, 2.75) is 0 Å². The summed E-state index contributed by atoms with van der Waals surface area (Å²) in [6, 6.07) is 0. The first-order valence-electron chi connectivity index (χ1n) is 4.28. The highest BCUT2D eigenvalue weighted by atomic mass is 16.5. The van der Waals surface area contributed by atoms with Crippen molar-refractivity contribution in [2.24, 2.45) is 0 Å². The number of nitrogens with one attached hydrogen (secondary N) is 1. The molecule has 1 saturated heterocycles. The van der Waals surface area contributed by atoms with E-state index < -0.39 is 0 Å². The van der Waals surface area contributed by atoms with Gasteiger partial charge in [-0.15, -0.1) is 0 Å². The molecule has 0 atom stereocenters. The molecule has 1 rings (SSSR count).